The Balaban J connectivity index is 3.01. The van der Waals surface area contributed by atoms with E-state index in [1.165, 1.54) is 18.2 Å². The van der Waals surface area contributed by atoms with E-state index in [1.54, 1.807) is 0 Å². The molecule has 0 spiro atoms. The fourth-order valence-electron chi connectivity index (χ4n) is 1.28. The Morgan fingerprint density at radius 2 is 1.94 bits per heavy atom. The molecule has 1 atom stereocenters. The van der Waals surface area contributed by atoms with E-state index in [2.05, 4.69) is 0 Å². The highest BCUT2D eigenvalue weighted by Gasteiger charge is 2.33. The van der Waals surface area contributed by atoms with Crippen molar-refractivity contribution in [1.82, 2.24) is 0 Å². The fourth-order valence-corrected chi connectivity index (χ4v) is 1.44. The highest BCUT2D eigenvalue weighted by Crippen LogP contribution is 2.32. The van der Waals surface area contributed by atoms with Gasteiger partial charge in [-0.1, -0.05) is 18.2 Å². The summed E-state index contributed by atoms with van der Waals surface area (Å²) in [5.41, 5.74) is 4.43. The quantitative estimate of drug-likeness (QED) is 0.484. The summed E-state index contributed by atoms with van der Waals surface area (Å²) in [5, 5.41) is 6.13. The summed E-state index contributed by atoms with van der Waals surface area (Å²) < 4.78 is 37.7. The summed E-state index contributed by atoms with van der Waals surface area (Å²) in [5.74, 6) is -0.335. The van der Waals surface area contributed by atoms with Gasteiger partial charge in [-0.3, -0.25) is 5.41 Å². The van der Waals surface area contributed by atoms with Gasteiger partial charge in [-0.05, 0) is 18.1 Å². The average Bonchev–Trinajstić information content (AvgIpc) is 2.16. The predicted octanol–water partition coefficient (Wildman–Crippen LogP) is 2.79. The number of nitrogens with one attached hydrogen (secondary N) is 1. The van der Waals surface area contributed by atoms with Crippen LogP contribution in [0.2, 0.25) is 0 Å². The zero-order chi connectivity index (χ0) is 12.3. The Kier molecular flexibility index (Phi) is 3.80. The Hall–Kier alpha value is -1.23. The molecule has 0 radical (unpaired) electrons. The van der Waals surface area contributed by atoms with Crippen LogP contribution in [0, 0.1) is 5.41 Å². The van der Waals surface area contributed by atoms with Gasteiger partial charge in [0.2, 0.25) is 0 Å². The van der Waals surface area contributed by atoms with E-state index in [9.17, 15) is 13.2 Å². The number of benzene rings is 1. The van der Waals surface area contributed by atoms with Crippen molar-refractivity contribution < 1.29 is 13.2 Å². The summed E-state index contributed by atoms with van der Waals surface area (Å²) in [6, 6.07) is 5.12. The van der Waals surface area contributed by atoms with Crippen molar-refractivity contribution >= 4 is 17.4 Å². The third kappa shape index (κ3) is 3.13. The highest BCUT2D eigenvalue weighted by atomic mass is 35.5. The van der Waals surface area contributed by atoms with Gasteiger partial charge in [0.25, 0.3) is 0 Å². The van der Waals surface area contributed by atoms with Crippen LogP contribution in [0.15, 0.2) is 24.3 Å². The maximum Gasteiger partial charge on any atom is 0.416 e. The fraction of sp³-hybridized carbons (Fsp3) is 0.300. The lowest BCUT2D eigenvalue weighted by Gasteiger charge is -2.14. The average molecular weight is 251 g/mol. The van der Waals surface area contributed by atoms with Crippen LogP contribution in [0.25, 0.3) is 0 Å². The maximum atomic E-state index is 12.6. The van der Waals surface area contributed by atoms with E-state index in [4.69, 9.17) is 22.7 Å². The molecule has 6 heteroatoms. The first-order valence-electron chi connectivity index (χ1n) is 4.45. The first kappa shape index (κ1) is 12.8. The molecule has 1 unspecified atom stereocenters. The third-order valence-electron chi connectivity index (χ3n) is 2.06. The molecule has 0 aliphatic carbocycles. The minimum atomic E-state index is -4.41. The van der Waals surface area contributed by atoms with Crippen LogP contribution in [-0.4, -0.2) is 11.2 Å². The minimum absolute atomic E-state index is 0.0465. The first-order chi connectivity index (χ1) is 7.32. The van der Waals surface area contributed by atoms with Crippen molar-refractivity contribution in [1.29, 1.82) is 5.41 Å². The standard InChI is InChI=1S/C10H10ClF3N2/c11-8(9(15)16)5-6-3-1-2-4-7(6)10(12,13)14/h1-4,8H,5H2,(H3,15,16). The molecule has 1 aromatic carbocycles. The van der Waals surface area contributed by atoms with Crippen LogP contribution in [0.3, 0.4) is 0 Å². The Morgan fingerprint density at radius 1 is 1.38 bits per heavy atom. The van der Waals surface area contributed by atoms with Crippen LogP contribution < -0.4 is 5.73 Å². The molecule has 0 aliphatic rings. The molecule has 0 saturated carbocycles. The molecule has 1 aromatic rings. The van der Waals surface area contributed by atoms with Gasteiger partial charge in [-0.25, -0.2) is 0 Å². The van der Waals surface area contributed by atoms with Gasteiger partial charge in [0.05, 0.1) is 10.9 Å². The third-order valence-corrected chi connectivity index (χ3v) is 2.45. The molecule has 0 bridgehead atoms. The second-order valence-electron chi connectivity index (χ2n) is 3.28. The number of rotatable bonds is 3. The van der Waals surface area contributed by atoms with Crippen molar-refractivity contribution in [3.8, 4) is 0 Å². The van der Waals surface area contributed by atoms with Crippen LogP contribution in [-0.2, 0) is 12.6 Å². The van der Waals surface area contributed by atoms with Gasteiger partial charge in [0.15, 0.2) is 0 Å². The largest absolute Gasteiger partial charge is 0.416 e. The summed E-state index contributed by atoms with van der Waals surface area (Å²) in [6.45, 7) is 0. The van der Waals surface area contributed by atoms with E-state index in [0.29, 0.717) is 0 Å². The topological polar surface area (TPSA) is 49.9 Å². The van der Waals surface area contributed by atoms with Crippen molar-refractivity contribution in [2.45, 2.75) is 18.0 Å². The lowest BCUT2D eigenvalue weighted by Crippen LogP contribution is -2.25. The molecule has 0 amide bonds. The summed E-state index contributed by atoms with van der Waals surface area (Å²) in [4.78, 5) is 0. The van der Waals surface area contributed by atoms with Crippen LogP contribution in [0.1, 0.15) is 11.1 Å². The Labute approximate surface area is 95.7 Å². The zero-order valence-corrected chi connectivity index (χ0v) is 8.94. The van der Waals surface area contributed by atoms with Gasteiger partial charge in [-0.2, -0.15) is 13.2 Å². The number of alkyl halides is 4. The second kappa shape index (κ2) is 4.74. The number of amidine groups is 1. The van der Waals surface area contributed by atoms with Gasteiger partial charge in [-0.15, -0.1) is 11.6 Å². The summed E-state index contributed by atoms with van der Waals surface area (Å²) >= 11 is 5.66. The van der Waals surface area contributed by atoms with Crippen LogP contribution in [0.4, 0.5) is 13.2 Å². The molecule has 1 rings (SSSR count). The van der Waals surface area contributed by atoms with Gasteiger partial charge >= 0.3 is 6.18 Å². The summed E-state index contributed by atoms with van der Waals surface area (Å²) in [6.07, 6.45) is -4.52. The molecule has 0 heterocycles. The molecule has 2 nitrogen and oxygen atoms in total. The molecule has 3 N–H and O–H groups in total. The van der Waals surface area contributed by atoms with Gasteiger partial charge in [0, 0.05) is 0 Å². The van der Waals surface area contributed by atoms with E-state index in [1.807, 2.05) is 0 Å². The molecule has 0 aromatic heterocycles. The predicted molar refractivity (Wildman–Crippen MR) is 56.7 cm³/mol. The molecular weight excluding hydrogens is 241 g/mol. The van der Waals surface area contributed by atoms with Gasteiger partial charge < -0.3 is 5.73 Å². The monoisotopic (exact) mass is 250 g/mol. The minimum Gasteiger partial charge on any atom is -0.386 e. The second-order valence-corrected chi connectivity index (χ2v) is 3.81. The molecule has 0 aliphatic heterocycles. The van der Waals surface area contributed by atoms with E-state index in [-0.39, 0.29) is 17.8 Å². The number of halogens is 4. The summed E-state index contributed by atoms with van der Waals surface area (Å²) in [7, 11) is 0. The molecule has 88 valence electrons. The van der Waals surface area contributed by atoms with Crippen LogP contribution >= 0.6 is 11.6 Å². The number of hydrogen-bond donors (Lipinski definition) is 2. The zero-order valence-electron chi connectivity index (χ0n) is 8.18. The highest BCUT2D eigenvalue weighted by molar-refractivity contribution is 6.31. The number of nitrogens with two attached hydrogens (primary N) is 1. The van der Waals surface area contributed by atoms with Gasteiger partial charge in [0.1, 0.15) is 5.84 Å². The van der Waals surface area contributed by atoms with Crippen molar-refractivity contribution in [2.75, 3.05) is 0 Å². The SMILES string of the molecule is N=C(N)C(Cl)Cc1ccccc1C(F)(F)F. The van der Waals surface area contributed by atoms with Crippen LogP contribution in [0.5, 0.6) is 0 Å². The Bertz CT molecular complexity index is 390. The molecular formula is C10H10ClF3N2. The lowest BCUT2D eigenvalue weighted by molar-refractivity contribution is -0.138. The molecule has 16 heavy (non-hydrogen) atoms. The van der Waals surface area contributed by atoms with Crippen molar-refractivity contribution in [3.63, 3.8) is 0 Å². The lowest BCUT2D eigenvalue weighted by atomic mass is 10.0. The van der Waals surface area contributed by atoms with E-state index in [0.717, 1.165) is 6.07 Å². The molecule has 0 saturated heterocycles. The van der Waals surface area contributed by atoms with Crippen molar-refractivity contribution in [3.05, 3.63) is 35.4 Å². The Morgan fingerprint density at radius 3 is 2.44 bits per heavy atom. The smallest absolute Gasteiger partial charge is 0.386 e. The first-order valence-corrected chi connectivity index (χ1v) is 4.89. The maximum absolute atomic E-state index is 12.6. The van der Waals surface area contributed by atoms with E-state index < -0.39 is 17.1 Å². The number of hydrogen-bond acceptors (Lipinski definition) is 1. The normalized spacial score (nSPS) is 13.5. The molecule has 0 fully saturated rings. The van der Waals surface area contributed by atoms with E-state index >= 15 is 0 Å². The van der Waals surface area contributed by atoms with Crippen molar-refractivity contribution in [2.24, 2.45) is 5.73 Å².